The lowest BCUT2D eigenvalue weighted by Crippen LogP contribution is -1.84. The van der Waals surface area contributed by atoms with E-state index < -0.39 is 0 Å². The highest BCUT2D eigenvalue weighted by atomic mass is 28.3. The fourth-order valence-corrected chi connectivity index (χ4v) is 0. The molecule has 0 spiro atoms. The minimum absolute atomic E-state index is 0.139. The van der Waals surface area contributed by atoms with Crippen LogP contribution in [-0.4, -0.2) is 14.0 Å². The van der Waals surface area contributed by atoms with Gasteiger partial charge >= 0.3 is 0 Å². The molecule has 0 bridgehead atoms. The molecule has 0 aliphatic carbocycles. The minimum atomic E-state index is -0.139. The molecule has 0 amide bonds. The summed E-state index contributed by atoms with van der Waals surface area (Å²) in [6.07, 6.45) is 0. The molecule has 0 rings (SSSR count). The Hall–Kier alpha value is -0.383. The van der Waals surface area contributed by atoms with Gasteiger partial charge in [-0.05, 0) is 0 Å². The smallest absolute Gasteiger partial charge is 0.152 e. The summed E-state index contributed by atoms with van der Waals surface area (Å²) in [6, 6.07) is 0. The first kappa shape index (κ1) is 9.79. The van der Waals surface area contributed by atoms with Crippen molar-refractivity contribution in [2.24, 2.45) is 5.34 Å². The third kappa shape index (κ3) is 501. The van der Waals surface area contributed by atoms with Gasteiger partial charge in [0.05, 0.1) is 0 Å². The van der Waals surface area contributed by atoms with Crippen molar-refractivity contribution >= 4 is 8.80 Å². The highest BCUT2D eigenvalue weighted by Crippen LogP contribution is 1.68. The monoisotopic (exact) mass is 121 g/mol. The van der Waals surface area contributed by atoms with Crippen molar-refractivity contribution in [2.45, 2.75) is 19.6 Å². The van der Waals surface area contributed by atoms with E-state index in [0.29, 0.717) is 0 Å². The second-order valence-corrected chi connectivity index (χ2v) is 5.28. The molecule has 0 aromatic heterocycles. The van der Waals surface area contributed by atoms with E-state index >= 15 is 0 Å². The summed E-state index contributed by atoms with van der Waals surface area (Å²) in [4.78, 5) is 8.11. The van der Waals surface area contributed by atoms with Gasteiger partial charge in [0.15, 0.2) is 5.34 Å². The topological polar surface area (TPSA) is 49.7 Å². The van der Waals surface area contributed by atoms with Crippen LogP contribution in [0.5, 0.6) is 0 Å². The molecule has 0 aromatic carbocycles. The average molecular weight is 121 g/mol. The van der Waals surface area contributed by atoms with Gasteiger partial charge < -0.3 is 5.21 Å². The second-order valence-electron chi connectivity index (χ2n) is 1.81. The molecule has 1 N–H and O–H groups in total. The maximum absolute atomic E-state index is 8.11. The maximum atomic E-state index is 8.11. The van der Waals surface area contributed by atoms with Crippen LogP contribution < -0.4 is 0 Å². The number of nitrogens with zero attached hydrogens (tertiary/aromatic N) is 1. The Morgan fingerprint density at radius 2 is 1.43 bits per heavy atom. The Morgan fingerprint density at radius 3 is 1.43 bits per heavy atom. The maximum Gasteiger partial charge on any atom is 0.152 e. The normalized spacial score (nSPS) is 6.86. The van der Waals surface area contributed by atoms with Gasteiger partial charge in [-0.15, -0.1) is 4.91 Å². The fraction of sp³-hybridized carbons (Fsp3) is 1.00. The van der Waals surface area contributed by atoms with Gasteiger partial charge in [0.1, 0.15) is 0 Å². The van der Waals surface area contributed by atoms with Crippen LogP contribution in [0.15, 0.2) is 5.34 Å². The van der Waals surface area contributed by atoms with Gasteiger partial charge in [-0.1, -0.05) is 19.6 Å². The van der Waals surface area contributed by atoms with Crippen LogP contribution in [0.4, 0.5) is 0 Å². The van der Waals surface area contributed by atoms with Crippen molar-refractivity contribution in [2.75, 3.05) is 0 Å². The molecule has 4 heteroatoms. The van der Waals surface area contributed by atoms with Crippen LogP contribution in [-0.2, 0) is 0 Å². The van der Waals surface area contributed by atoms with Gasteiger partial charge in [-0.3, -0.25) is 0 Å². The molecular formula is C3H11NO2Si. The molecule has 0 saturated carbocycles. The van der Waals surface area contributed by atoms with E-state index in [1.54, 1.807) is 0 Å². The number of hydrogen-bond acceptors (Lipinski definition) is 2. The lowest BCUT2D eigenvalue weighted by atomic mass is 11.8. The highest BCUT2D eigenvalue weighted by molar-refractivity contribution is 6.54. The summed E-state index contributed by atoms with van der Waals surface area (Å²) in [6.45, 7) is 6.92. The zero-order valence-corrected chi connectivity index (χ0v) is 6.03. The summed E-state index contributed by atoms with van der Waals surface area (Å²) >= 11 is 0. The van der Waals surface area contributed by atoms with E-state index in [1.165, 1.54) is 5.34 Å². The van der Waals surface area contributed by atoms with E-state index in [0.717, 1.165) is 0 Å². The van der Waals surface area contributed by atoms with E-state index in [1.807, 2.05) is 0 Å². The van der Waals surface area contributed by atoms with Crippen molar-refractivity contribution in [3.63, 3.8) is 0 Å². The molecule has 7 heavy (non-hydrogen) atoms. The Kier molecular flexibility index (Phi) is 12.8. The van der Waals surface area contributed by atoms with Crippen molar-refractivity contribution in [3.05, 3.63) is 4.91 Å². The van der Waals surface area contributed by atoms with E-state index in [-0.39, 0.29) is 8.80 Å². The molecule has 3 nitrogen and oxygen atoms in total. The van der Waals surface area contributed by atoms with Crippen molar-refractivity contribution in [1.82, 2.24) is 0 Å². The fourth-order valence-electron chi connectivity index (χ4n) is 0. The largest absolute Gasteiger partial charge is 0.379 e. The Labute approximate surface area is 44.9 Å². The molecule has 0 aliphatic rings. The minimum Gasteiger partial charge on any atom is -0.379 e. The van der Waals surface area contributed by atoms with Gasteiger partial charge in [-0.2, -0.15) is 0 Å². The first-order valence-corrected chi connectivity index (χ1v) is 5.58. The summed E-state index contributed by atoms with van der Waals surface area (Å²) < 4.78 is 0. The van der Waals surface area contributed by atoms with Gasteiger partial charge in [-0.25, -0.2) is 0 Å². The predicted molar refractivity (Wildman–Crippen MR) is 32.3 cm³/mol. The molecule has 0 atom stereocenters. The number of rotatable bonds is 0. The molecule has 0 radical (unpaired) electrons. The lowest BCUT2D eigenvalue weighted by Gasteiger charge is -1.75. The van der Waals surface area contributed by atoms with Crippen molar-refractivity contribution in [3.8, 4) is 0 Å². The SMILES string of the molecule is C[SiH](C)C.O=NO. The van der Waals surface area contributed by atoms with Crippen LogP contribution >= 0.6 is 0 Å². The first-order valence-electron chi connectivity index (χ1n) is 2.11. The summed E-state index contributed by atoms with van der Waals surface area (Å²) in [5.74, 6) is 0. The molecule has 44 valence electrons. The van der Waals surface area contributed by atoms with Crippen LogP contribution in [0.1, 0.15) is 0 Å². The Bertz CT molecular complexity index is 37.2. The molecular weight excluding hydrogens is 110 g/mol. The first-order chi connectivity index (χ1) is 3.15. The van der Waals surface area contributed by atoms with E-state index in [2.05, 4.69) is 19.6 Å². The lowest BCUT2D eigenvalue weighted by molar-refractivity contribution is 0.312. The summed E-state index contributed by atoms with van der Waals surface area (Å²) in [5, 5.41) is 7.89. The second kappa shape index (κ2) is 9.15. The van der Waals surface area contributed by atoms with Crippen molar-refractivity contribution in [1.29, 1.82) is 0 Å². The number of hydrogen-bond donors (Lipinski definition) is 1. The molecule has 0 heterocycles. The quantitative estimate of drug-likeness (QED) is 0.298. The predicted octanol–water partition coefficient (Wildman–Crippen LogP) is 1.24. The van der Waals surface area contributed by atoms with Crippen LogP contribution in [0.3, 0.4) is 0 Å². The Morgan fingerprint density at radius 1 is 1.43 bits per heavy atom. The standard InChI is InChI=1S/C3H10Si.HNO2/c1-4(2)3;2-1-3/h4H,1-3H3;(H,2,3). The summed E-state index contributed by atoms with van der Waals surface area (Å²) in [5.41, 5.74) is 0. The third-order valence-electron chi connectivity index (χ3n) is 0. The van der Waals surface area contributed by atoms with Gasteiger partial charge in [0.2, 0.25) is 0 Å². The van der Waals surface area contributed by atoms with Crippen LogP contribution in [0.25, 0.3) is 0 Å². The molecule has 0 saturated heterocycles. The Balaban J connectivity index is 0. The third-order valence-corrected chi connectivity index (χ3v) is 0. The molecule has 0 fully saturated rings. The van der Waals surface area contributed by atoms with Crippen molar-refractivity contribution < 1.29 is 5.21 Å². The van der Waals surface area contributed by atoms with E-state index in [4.69, 9.17) is 10.1 Å². The average Bonchev–Trinajstić information content (AvgIpc) is 1.33. The van der Waals surface area contributed by atoms with Gasteiger partial charge in [0.25, 0.3) is 0 Å². The van der Waals surface area contributed by atoms with Gasteiger partial charge in [0, 0.05) is 8.80 Å². The summed E-state index contributed by atoms with van der Waals surface area (Å²) in [7, 11) is -0.139. The highest BCUT2D eigenvalue weighted by Gasteiger charge is 1.71. The zero-order chi connectivity index (χ0) is 6.28. The molecule has 0 aliphatic heterocycles. The molecule has 0 aromatic rings. The zero-order valence-electron chi connectivity index (χ0n) is 4.88. The van der Waals surface area contributed by atoms with Crippen LogP contribution in [0, 0.1) is 4.91 Å². The molecule has 0 unspecified atom stereocenters. The van der Waals surface area contributed by atoms with E-state index in [9.17, 15) is 0 Å². The van der Waals surface area contributed by atoms with Crippen LogP contribution in [0.2, 0.25) is 19.6 Å².